The quantitative estimate of drug-likeness (QED) is 0.555. The van der Waals surface area contributed by atoms with E-state index in [1.165, 1.54) is 11.6 Å². The third-order valence-electron chi connectivity index (χ3n) is 5.83. The van der Waals surface area contributed by atoms with Crippen molar-refractivity contribution in [2.24, 2.45) is 18.0 Å². The summed E-state index contributed by atoms with van der Waals surface area (Å²) in [6, 6.07) is 6.46. The van der Waals surface area contributed by atoms with E-state index in [1.54, 1.807) is 18.2 Å². The molecule has 0 bridgehead atoms. The number of ether oxygens (including phenoxy) is 1. The number of halogens is 3. The molecule has 168 valence electrons. The lowest BCUT2D eigenvalue weighted by molar-refractivity contribution is -0.274. The molecule has 9 heteroatoms. The van der Waals surface area contributed by atoms with Crippen molar-refractivity contribution >= 4 is 5.96 Å². The lowest BCUT2D eigenvalue weighted by atomic mass is 10.0. The number of nitrogens with one attached hydrogen (secondary N) is 1. The maximum atomic E-state index is 12.7. The minimum absolute atomic E-state index is 0.0191. The summed E-state index contributed by atoms with van der Waals surface area (Å²) in [5, 5.41) is 7.73. The number of aromatic nitrogens is 2. The molecule has 2 aromatic rings. The van der Waals surface area contributed by atoms with Gasteiger partial charge in [-0.3, -0.25) is 9.67 Å². The van der Waals surface area contributed by atoms with Crippen LogP contribution in [-0.2, 0) is 13.5 Å². The van der Waals surface area contributed by atoms with Crippen LogP contribution in [-0.4, -0.2) is 52.7 Å². The van der Waals surface area contributed by atoms with Crippen LogP contribution in [0.3, 0.4) is 0 Å². The molecule has 2 aliphatic rings. The monoisotopic (exact) mass is 435 g/mol. The van der Waals surface area contributed by atoms with E-state index < -0.39 is 6.36 Å². The van der Waals surface area contributed by atoms with Gasteiger partial charge in [-0.25, -0.2) is 0 Å². The first kappa shape index (κ1) is 21.5. The molecule has 1 aromatic heterocycles. The topological polar surface area (TPSA) is 54.7 Å². The molecule has 1 N–H and O–H groups in total. The van der Waals surface area contributed by atoms with Gasteiger partial charge in [0.25, 0.3) is 0 Å². The molecular weight excluding hydrogens is 407 g/mol. The van der Waals surface area contributed by atoms with E-state index in [9.17, 15) is 13.2 Å². The van der Waals surface area contributed by atoms with Gasteiger partial charge in [0, 0.05) is 44.8 Å². The Morgan fingerprint density at radius 1 is 1.32 bits per heavy atom. The number of rotatable bonds is 6. The zero-order valence-electron chi connectivity index (χ0n) is 17.8. The number of aliphatic imine (C=N–C) groups is 1. The largest absolute Gasteiger partial charge is 0.573 e. The fourth-order valence-electron chi connectivity index (χ4n) is 4.36. The Bertz CT molecular complexity index is 926. The molecule has 0 amide bonds. The fourth-order valence-corrected chi connectivity index (χ4v) is 4.36. The molecule has 1 aliphatic heterocycles. The van der Waals surface area contributed by atoms with Crippen molar-refractivity contribution in [2.45, 2.75) is 44.5 Å². The van der Waals surface area contributed by atoms with Gasteiger partial charge in [0.2, 0.25) is 0 Å². The van der Waals surface area contributed by atoms with E-state index in [0.29, 0.717) is 18.0 Å². The first-order chi connectivity index (χ1) is 14.8. The molecule has 1 saturated heterocycles. The van der Waals surface area contributed by atoms with Crippen molar-refractivity contribution < 1.29 is 17.9 Å². The summed E-state index contributed by atoms with van der Waals surface area (Å²) in [7, 11) is 1.92. The van der Waals surface area contributed by atoms with Crippen LogP contribution < -0.4 is 10.1 Å². The molecule has 1 saturated carbocycles. The normalized spacial score (nSPS) is 23.8. The number of hydrogen-bond donors (Lipinski definition) is 1. The van der Waals surface area contributed by atoms with Crippen LogP contribution in [0, 0.1) is 5.92 Å². The lowest BCUT2D eigenvalue weighted by Crippen LogP contribution is -2.41. The van der Waals surface area contributed by atoms with Gasteiger partial charge >= 0.3 is 6.36 Å². The number of benzene rings is 1. The van der Waals surface area contributed by atoms with Crippen molar-refractivity contribution in [3.8, 4) is 5.75 Å². The van der Waals surface area contributed by atoms with Gasteiger partial charge in [-0.05, 0) is 49.3 Å². The van der Waals surface area contributed by atoms with E-state index in [2.05, 4.69) is 31.2 Å². The Balaban J connectivity index is 1.37. The number of hydrogen-bond acceptors (Lipinski definition) is 3. The number of nitrogens with zero attached hydrogens (tertiary/aromatic N) is 4. The molecule has 6 nitrogen and oxygen atoms in total. The van der Waals surface area contributed by atoms with Crippen LogP contribution in [0.25, 0.3) is 0 Å². The summed E-state index contributed by atoms with van der Waals surface area (Å²) in [4.78, 5) is 6.91. The molecule has 3 atom stereocenters. The second-order valence-electron chi connectivity index (χ2n) is 8.30. The number of likely N-dealkylation sites (tertiary alicyclic amines) is 1. The lowest BCUT2D eigenvalue weighted by Gasteiger charge is -2.22. The van der Waals surface area contributed by atoms with E-state index in [0.717, 1.165) is 38.3 Å². The zero-order valence-corrected chi connectivity index (χ0v) is 17.8. The van der Waals surface area contributed by atoms with Crippen LogP contribution in [0.1, 0.15) is 36.8 Å². The van der Waals surface area contributed by atoms with Crippen LogP contribution in [0.5, 0.6) is 5.75 Å². The van der Waals surface area contributed by atoms with Gasteiger partial charge < -0.3 is 15.0 Å². The maximum Gasteiger partial charge on any atom is 0.573 e. The molecule has 2 fully saturated rings. The average Bonchev–Trinajstić information content (AvgIpc) is 3.09. The van der Waals surface area contributed by atoms with Crippen molar-refractivity contribution in [3.05, 3.63) is 47.8 Å². The number of guanidine groups is 1. The molecule has 31 heavy (non-hydrogen) atoms. The molecule has 1 aromatic carbocycles. The maximum absolute atomic E-state index is 12.7. The van der Waals surface area contributed by atoms with Crippen molar-refractivity contribution in [1.29, 1.82) is 0 Å². The Kier molecular flexibility index (Phi) is 6.11. The van der Waals surface area contributed by atoms with E-state index in [1.807, 2.05) is 24.9 Å². The standard InChI is InChI=1S/C22H28F3N5O/c1-3-26-21(30-9-8-15(14-30)10-16-12-27-29(2)13-16)28-19-11-18(19)17-6-4-5-7-20(17)31-22(23,24)25/h4-7,12-13,15,18-19H,3,8-11,14H2,1-2H3,(H,26,28). The summed E-state index contributed by atoms with van der Waals surface area (Å²) in [6.07, 6.45) is 2.09. The second kappa shape index (κ2) is 8.80. The highest BCUT2D eigenvalue weighted by molar-refractivity contribution is 5.81. The smallest absolute Gasteiger partial charge is 0.405 e. The molecule has 3 unspecified atom stereocenters. The Hall–Kier alpha value is -2.71. The van der Waals surface area contributed by atoms with Crippen molar-refractivity contribution in [2.75, 3.05) is 19.6 Å². The average molecular weight is 435 g/mol. The molecule has 4 rings (SSSR count). The van der Waals surface area contributed by atoms with Gasteiger partial charge in [-0.2, -0.15) is 5.10 Å². The van der Waals surface area contributed by atoms with Gasteiger partial charge in [0.15, 0.2) is 5.96 Å². The summed E-state index contributed by atoms with van der Waals surface area (Å²) in [5.74, 6) is 1.24. The highest BCUT2D eigenvalue weighted by Gasteiger charge is 2.43. The number of para-hydroxylation sites is 1. The summed E-state index contributed by atoms with van der Waals surface area (Å²) >= 11 is 0. The molecule has 1 aliphatic carbocycles. The fraction of sp³-hybridized carbons (Fsp3) is 0.545. The third-order valence-corrected chi connectivity index (χ3v) is 5.83. The number of aryl methyl sites for hydroxylation is 1. The van der Waals surface area contributed by atoms with E-state index in [4.69, 9.17) is 0 Å². The Morgan fingerprint density at radius 2 is 2.13 bits per heavy atom. The summed E-state index contributed by atoms with van der Waals surface area (Å²) < 4.78 is 44.3. The molecule has 0 radical (unpaired) electrons. The minimum Gasteiger partial charge on any atom is -0.405 e. The molecular formula is C22H28F3N5O. The van der Waals surface area contributed by atoms with Crippen LogP contribution in [0.4, 0.5) is 13.2 Å². The summed E-state index contributed by atoms with van der Waals surface area (Å²) in [6.45, 7) is 4.47. The molecule has 0 spiro atoms. The third kappa shape index (κ3) is 5.51. The Morgan fingerprint density at radius 3 is 2.84 bits per heavy atom. The van der Waals surface area contributed by atoms with Gasteiger partial charge in [-0.15, -0.1) is 13.2 Å². The highest BCUT2D eigenvalue weighted by Crippen LogP contribution is 2.45. The van der Waals surface area contributed by atoms with Crippen LogP contribution in [0.15, 0.2) is 41.7 Å². The van der Waals surface area contributed by atoms with Gasteiger partial charge in [-0.1, -0.05) is 18.2 Å². The van der Waals surface area contributed by atoms with Gasteiger partial charge in [0.1, 0.15) is 5.75 Å². The molecule has 2 heterocycles. The van der Waals surface area contributed by atoms with Gasteiger partial charge in [0.05, 0.1) is 6.20 Å². The summed E-state index contributed by atoms with van der Waals surface area (Å²) in [5.41, 5.74) is 1.82. The first-order valence-corrected chi connectivity index (χ1v) is 10.7. The van der Waals surface area contributed by atoms with Crippen LogP contribution in [0.2, 0.25) is 0 Å². The predicted molar refractivity (Wildman–Crippen MR) is 112 cm³/mol. The first-order valence-electron chi connectivity index (χ1n) is 10.7. The Labute approximate surface area is 180 Å². The number of alkyl halides is 3. The zero-order chi connectivity index (χ0) is 22.0. The minimum atomic E-state index is -4.69. The highest BCUT2D eigenvalue weighted by atomic mass is 19.4. The van der Waals surface area contributed by atoms with Crippen molar-refractivity contribution in [1.82, 2.24) is 20.0 Å². The predicted octanol–water partition coefficient (Wildman–Crippen LogP) is 3.70. The van der Waals surface area contributed by atoms with E-state index >= 15 is 0 Å². The SMILES string of the molecule is CCN=C(NC1CC1c1ccccc1OC(F)(F)F)N1CCC(Cc2cnn(C)c2)C1. The van der Waals surface area contributed by atoms with Crippen LogP contribution >= 0.6 is 0 Å². The van der Waals surface area contributed by atoms with Crippen molar-refractivity contribution in [3.63, 3.8) is 0 Å². The van der Waals surface area contributed by atoms with E-state index in [-0.39, 0.29) is 17.7 Å². The second-order valence-corrected chi connectivity index (χ2v) is 8.30.